The highest BCUT2D eigenvalue weighted by Crippen LogP contribution is 2.28. The van der Waals surface area contributed by atoms with Crippen molar-refractivity contribution in [3.05, 3.63) is 64.5 Å². The van der Waals surface area contributed by atoms with Gasteiger partial charge in [-0.2, -0.15) is 13.2 Å². The first kappa shape index (κ1) is 24.3. The highest BCUT2D eigenvalue weighted by Gasteiger charge is 2.33. The summed E-state index contributed by atoms with van der Waals surface area (Å²) in [4.78, 5) is 38.5. The van der Waals surface area contributed by atoms with E-state index in [-0.39, 0.29) is 42.7 Å². The zero-order chi connectivity index (χ0) is 25.2. The summed E-state index contributed by atoms with van der Waals surface area (Å²) in [5.41, 5.74) is 1.28. The van der Waals surface area contributed by atoms with Gasteiger partial charge in [0.2, 0.25) is 5.43 Å². The second-order valence-corrected chi connectivity index (χ2v) is 8.24. The number of rotatable bonds is 4. The number of nitrogens with zero attached hydrogens (tertiary/aromatic N) is 1. The molecule has 4 rings (SSSR count). The minimum absolute atomic E-state index is 0.0739. The average Bonchev–Trinajstić information content (AvgIpc) is 2.82. The van der Waals surface area contributed by atoms with Crippen LogP contribution in [0.2, 0.25) is 0 Å². The maximum absolute atomic E-state index is 13.0. The van der Waals surface area contributed by atoms with Gasteiger partial charge >= 0.3 is 18.2 Å². The number of hydrogen-bond acceptors (Lipinski definition) is 6. The van der Waals surface area contributed by atoms with E-state index in [0.717, 1.165) is 10.5 Å². The van der Waals surface area contributed by atoms with Gasteiger partial charge in [0.15, 0.2) is 6.61 Å². The van der Waals surface area contributed by atoms with E-state index < -0.39 is 30.8 Å². The van der Waals surface area contributed by atoms with Crippen molar-refractivity contribution < 1.29 is 36.7 Å². The number of ether oxygens (including phenoxy) is 2. The van der Waals surface area contributed by atoms with Gasteiger partial charge in [-0.1, -0.05) is 30.3 Å². The van der Waals surface area contributed by atoms with E-state index in [1.54, 1.807) is 6.92 Å². The molecule has 1 aliphatic rings. The van der Waals surface area contributed by atoms with Crippen molar-refractivity contribution in [3.8, 4) is 16.9 Å². The van der Waals surface area contributed by atoms with Gasteiger partial charge in [0.05, 0.1) is 16.9 Å². The molecule has 0 N–H and O–H groups in total. The van der Waals surface area contributed by atoms with Crippen LogP contribution in [0.4, 0.5) is 18.0 Å². The van der Waals surface area contributed by atoms with Gasteiger partial charge in [0, 0.05) is 19.2 Å². The van der Waals surface area contributed by atoms with Gasteiger partial charge < -0.3 is 18.8 Å². The molecule has 1 saturated heterocycles. The van der Waals surface area contributed by atoms with Crippen molar-refractivity contribution in [2.24, 2.45) is 5.92 Å². The molecular formula is C25H22F3NO6. The van der Waals surface area contributed by atoms with Crippen LogP contribution in [0.25, 0.3) is 22.1 Å². The number of piperidine rings is 1. The Labute approximate surface area is 198 Å². The van der Waals surface area contributed by atoms with E-state index in [0.29, 0.717) is 16.7 Å². The van der Waals surface area contributed by atoms with E-state index >= 15 is 0 Å². The number of hydrogen-bond donors (Lipinski definition) is 0. The quantitative estimate of drug-likeness (QED) is 0.375. The molecule has 0 spiro atoms. The largest absolute Gasteiger partial charge is 0.460 e. The molecule has 10 heteroatoms. The summed E-state index contributed by atoms with van der Waals surface area (Å²) in [5.74, 6) is -0.439. The van der Waals surface area contributed by atoms with E-state index in [1.807, 2.05) is 30.3 Å². The summed E-state index contributed by atoms with van der Waals surface area (Å²) in [7, 11) is 0. The Morgan fingerprint density at radius 1 is 1.09 bits per heavy atom. The monoisotopic (exact) mass is 489 g/mol. The summed E-state index contributed by atoms with van der Waals surface area (Å²) >= 11 is 0. The fourth-order valence-corrected chi connectivity index (χ4v) is 4.02. The number of halogens is 3. The summed E-state index contributed by atoms with van der Waals surface area (Å²) in [6, 6.07) is 13.7. The van der Waals surface area contributed by atoms with Crippen molar-refractivity contribution in [2.75, 3.05) is 19.7 Å². The normalized spacial score (nSPS) is 14.7. The number of carbonyl (C=O) groups excluding carboxylic acids is 2. The lowest BCUT2D eigenvalue weighted by Crippen LogP contribution is -2.42. The van der Waals surface area contributed by atoms with Crippen molar-refractivity contribution in [1.82, 2.24) is 4.90 Å². The fraction of sp³-hybridized carbons (Fsp3) is 0.320. The Balaban J connectivity index is 1.42. The second-order valence-electron chi connectivity index (χ2n) is 8.24. The average molecular weight is 489 g/mol. The third kappa shape index (κ3) is 5.64. The second kappa shape index (κ2) is 9.81. The Kier molecular flexibility index (Phi) is 6.81. The molecule has 1 aromatic heterocycles. The third-order valence-electron chi connectivity index (χ3n) is 5.77. The Bertz CT molecular complexity index is 1290. The standard InChI is InChI=1S/C25H22F3NO6/c1-15-21(16-5-3-2-4-6-16)22(30)19-8-7-18(13-20(19)34-15)35-23(31)17-9-11-29(12-10-17)24(32)33-14-25(26,27)28/h2-8,13,17H,9-12,14H2,1H3. The Hall–Kier alpha value is -3.82. The first-order chi connectivity index (χ1) is 16.6. The molecule has 2 heterocycles. The van der Waals surface area contributed by atoms with Crippen LogP contribution >= 0.6 is 0 Å². The van der Waals surface area contributed by atoms with Gasteiger partial charge in [-0.25, -0.2) is 4.79 Å². The predicted molar refractivity (Wildman–Crippen MR) is 120 cm³/mol. The number of fused-ring (bicyclic) bond motifs is 1. The maximum atomic E-state index is 13.0. The summed E-state index contributed by atoms with van der Waals surface area (Å²) in [6.45, 7) is 0.183. The SMILES string of the molecule is Cc1oc2cc(OC(=O)C3CCN(C(=O)OCC(F)(F)F)CC3)ccc2c(=O)c1-c1ccccc1. The maximum Gasteiger partial charge on any atom is 0.422 e. The molecule has 1 aliphatic heterocycles. The van der Waals surface area contributed by atoms with Crippen LogP contribution in [0.3, 0.4) is 0 Å². The number of alkyl halides is 3. The van der Waals surface area contributed by atoms with Crippen molar-refractivity contribution in [1.29, 1.82) is 0 Å². The summed E-state index contributed by atoms with van der Waals surface area (Å²) < 4.78 is 52.2. The van der Waals surface area contributed by atoms with E-state index in [9.17, 15) is 27.6 Å². The molecule has 35 heavy (non-hydrogen) atoms. The first-order valence-electron chi connectivity index (χ1n) is 11.0. The lowest BCUT2D eigenvalue weighted by Gasteiger charge is -2.30. The number of carbonyl (C=O) groups is 2. The van der Waals surface area contributed by atoms with Gasteiger partial charge in [-0.05, 0) is 37.5 Å². The van der Waals surface area contributed by atoms with Crippen LogP contribution in [0.1, 0.15) is 18.6 Å². The zero-order valence-electron chi connectivity index (χ0n) is 18.8. The number of amides is 1. The molecule has 0 unspecified atom stereocenters. The molecule has 2 aromatic carbocycles. The van der Waals surface area contributed by atoms with E-state index in [4.69, 9.17) is 9.15 Å². The van der Waals surface area contributed by atoms with Gasteiger partial charge in [0.1, 0.15) is 17.1 Å². The van der Waals surface area contributed by atoms with Crippen molar-refractivity contribution >= 4 is 23.0 Å². The third-order valence-corrected chi connectivity index (χ3v) is 5.77. The Morgan fingerprint density at radius 2 is 1.77 bits per heavy atom. The van der Waals surface area contributed by atoms with Crippen molar-refractivity contribution in [2.45, 2.75) is 25.9 Å². The van der Waals surface area contributed by atoms with Crippen molar-refractivity contribution in [3.63, 3.8) is 0 Å². The highest BCUT2D eigenvalue weighted by atomic mass is 19.4. The molecule has 3 aromatic rings. The highest BCUT2D eigenvalue weighted by molar-refractivity contribution is 5.85. The molecule has 0 atom stereocenters. The minimum atomic E-state index is -4.60. The molecule has 1 amide bonds. The smallest absolute Gasteiger partial charge is 0.422 e. The first-order valence-corrected chi connectivity index (χ1v) is 11.0. The molecular weight excluding hydrogens is 467 g/mol. The Morgan fingerprint density at radius 3 is 2.43 bits per heavy atom. The van der Waals surface area contributed by atoms with Crippen LogP contribution in [-0.4, -0.2) is 42.8 Å². The summed E-state index contributed by atoms with van der Waals surface area (Å²) in [6.07, 6.45) is -5.22. The number of likely N-dealkylation sites (tertiary alicyclic amines) is 1. The zero-order valence-corrected chi connectivity index (χ0v) is 18.8. The molecule has 184 valence electrons. The number of aryl methyl sites for hydroxylation is 1. The number of esters is 1. The van der Waals surface area contributed by atoms with Crippen LogP contribution < -0.4 is 10.2 Å². The molecule has 0 bridgehead atoms. The fourth-order valence-electron chi connectivity index (χ4n) is 4.02. The van der Waals surface area contributed by atoms with E-state index in [1.165, 1.54) is 18.2 Å². The van der Waals surface area contributed by atoms with Crippen LogP contribution in [-0.2, 0) is 9.53 Å². The van der Waals surface area contributed by atoms with Gasteiger partial charge in [-0.15, -0.1) is 0 Å². The molecule has 0 radical (unpaired) electrons. The van der Waals surface area contributed by atoms with Crippen LogP contribution in [0.15, 0.2) is 57.7 Å². The molecule has 0 aliphatic carbocycles. The topological polar surface area (TPSA) is 86.1 Å². The number of benzene rings is 2. The van der Waals surface area contributed by atoms with E-state index in [2.05, 4.69) is 4.74 Å². The van der Waals surface area contributed by atoms with Crippen LogP contribution in [0.5, 0.6) is 5.75 Å². The summed E-state index contributed by atoms with van der Waals surface area (Å²) in [5, 5.41) is 0.347. The predicted octanol–water partition coefficient (Wildman–Crippen LogP) is 5.08. The van der Waals surface area contributed by atoms with Gasteiger partial charge in [-0.3, -0.25) is 9.59 Å². The van der Waals surface area contributed by atoms with Crippen LogP contribution in [0, 0.1) is 12.8 Å². The van der Waals surface area contributed by atoms with Gasteiger partial charge in [0.25, 0.3) is 0 Å². The molecule has 1 fully saturated rings. The molecule has 7 nitrogen and oxygen atoms in total. The lowest BCUT2D eigenvalue weighted by atomic mass is 9.97. The minimum Gasteiger partial charge on any atom is -0.460 e. The molecule has 0 saturated carbocycles. The lowest BCUT2D eigenvalue weighted by molar-refractivity contribution is -0.162.